The van der Waals surface area contributed by atoms with Gasteiger partial charge in [-0.15, -0.1) is 0 Å². The number of hydrogen-bond donors (Lipinski definition) is 0. The summed E-state index contributed by atoms with van der Waals surface area (Å²) >= 11 is 0. The quantitative estimate of drug-likeness (QED) is 0.150. The van der Waals surface area contributed by atoms with Crippen LogP contribution in [0.3, 0.4) is 0 Å². The molecule has 11 rings (SSSR count). The monoisotopic (exact) mass is 880 g/mol. The van der Waals surface area contributed by atoms with Crippen molar-refractivity contribution in [2.45, 2.75) is 47.0 Å². The second-order valence-electron chi connectivity index (χ2n) is 18.2. The van der Waals surface area contributed by atoms with Crippen molar-refractivity contribution < 1.29 is 4.74 Å². The van der Waals surface area contributed by atoms with Crippen LogP contribution >= 0.6 is 0 Å². The summed E-state index contributed by atoms with van der Waals surface area (Å²) in [7, 11) is 0. The third kappa shape index (κ3) is 7.81. The molecule has 8 aromatic carbocycles. The van der Waals surface area contributed by atoms with Gasteiger partial charge in [-0.1, -0.05) is 172 Å². The highest BCUT2D eigenvalue weighted by Crippen LogP contribution is 2.50. The Morgan fingerprint density at radius 2 is 0.559 bits per heavy atom. The van der Waals surface area contributed by atoms with E-state index in [1.165, 1.54) is 0 Å². The largest absolute Gasteiger partial charge is 0.457 e. The number of rotatable bonds is 8. The molecule has 2 aromatic heterocycles. The third-order valence-electron chi connectivity index (χ3n) is 13.3. The minimum Gasteiger partial charge on any atom is -0.457 e. The number of benzene rings is 8. The number of fused-ring (bicyclic) bond motifs is 2. The predicted octanol–water partition coefficient (Wildman–Crippen LogP) is 15.1. The van der Waals surface area contributed by atoms with Gasteiger partial charge in [-0.2, -0.15) is 0 Å². The topological polar surface area (TPSA) is 86.6 Å². The van der Waals surface area contributed by atoms with Gasteiger partial charge in [0.25, 0.3) is 0 Å². The molecule has 1 aliphatic heterocycles. The summed E-state index contributed by atoms with van der Waals surface area (Å²) in [6.45, 7) is 12.9. The van der Waals surface area contributed by atoms with Crippen molar-refractivity contribution in [2.24, 2.45) is 0 Å². The van der Waals surface area contributed by atoms with E-state index in [1.54, 1.807) is 0 Å². The molecular weight excluding hydrogens is 833 g/mol. The minimum atomic E-state index is -0.347. The standard InChI is InChI=1S/C61H48N6O/c1-37-15-7-11-19-47(37)57-62-55(63-58(66-57)48-20-12-8-16-38(48)2)43-27-23-41(24-28-43)45-31-33-53-51(35-45)61(5,6)52-36-46(32-34-54(52)68-53)42-25-29-44(30-26-42)56-64-59(49-21-13-9-17-39(49)3)67-60(65-56)50-22-14-10-18-40(50)4/h7-36H,1-6H3. The van der Waals surface area contributed by atoms with Gasteiger partial charge >= 0.3 is 0 Å². The number of aromatic nitrogens is 6. The van der Waals surface area contributed by atoms with Gasteiger partial charge in [-0.3, -0.25) is 0 Å². The van der Waals surface area contributed by atoms with Crippen LogP contribution in [0.5, 0.6) is 11.5 Å². The van der Waals surface area contributed by atoms with Crippen molar-refractivity contribution in [2.75, 3.05) is 0 Å². The SMILES string of the molecule is Cc1ccccc1-c1nc(-c2ccc(-c3ccc4c(c3)C(C)(C)c3cc(-c5ccc(-c6nc(-c7ccccc7C)nc(-c7ccccc7C)n6)cc5)ccc3O4)cc2)nc(-c2ccccc2C)n1. The summed E-state index contributed by atoms with van der Waals surface area (Å²) in [4.78, 5) is 30.1. The lowest BCUT2D eigenvalue weighted by atomic mass is 9.74. The zero-order chi connectivity index (χ0) is 46.5. The fraction of sp³-hybridized carbons (Fsp3) is 0.115. The normalized spacial score (nSPS) is 12.5. The highest BCUT2D eigenvalue weighted by Gasteiger charge is 2.35. The molecule has 0 saturated heterocycles. The van der Waals surface area contributed by atoms with Gasteiger partial charge in [0, 0.05) is 49.9 Å². The zero-order valence-electron chi connectivity index (χ0n) is 38.9. The molecule has 0 bridgehead atoms. The van der Waals surface area contributed by atoms with Crippen LogP contribution in [0.1, 0.15) is 47.2 Å². The highest BCUT2D eigenvalue weighted by molar-refractivity contribution is 5.76. The second-order valence-corrected chi connectivity index (χ2v) is 18.2. The number of nitrogens with zero attached hydrogens (tertiary/aromatic N) is 6. The van der Waals surface area contributed by atoms with E-state index in [0.717, 1.165) is 101 Å². The Morgan fingerprint density at radius 3 is 0.868 bits per heavy atom. The number of ether oxygens (including phenoxy) is 1. The molecule has 7 nitrogen and oxygen atoms in total. The molecular formula is C61H48N6O. The van der Waals surface area contributed by atoms with E-state index in [4.69, 9.17) is 34.6 Å². The Labute approximate surface area is 397 Å². The Kier molecular flexibility index (Phi) is 10.6. The first-order chi connectivity index (χ1) is 33.1. The average molecular weight is 881 g/mol. The van der Waals surface area contributed by atoms with Crippen molar-refractivity contribution >= 4 is 0 Å². The van der Waals surface area contributed by atoms with Crippen molar-refractivity contribution in [3.05, 3.63) is 215 Å². The first-order valence-electron chi connectivity index (χ1n) is 23.0. The maximum Gasteiger partial charge on any atom is 0.164 e. The van der Waals surface area contributed by atoms with Gasteiger partial charge in [-0.25, -0.2) is 29.9 Å². The van der Waals surface area contributed by atoms with Crippen LogP contribution in [-0.4, -0.2) is 29.9 Å². The molecule has 0 unspecified atom stereocenters. The van der Waals surface area contributed by atoms with E-state index < -0.39 is 0 Å². The van der Waals surface area contributed by atoms with Crippen molar-refractivity contribution in [1.29, 1.82) is 0 Å². The van der Waals surface area contributed by atoms with E-state index in [9.17, 15) is 0 Å². The van der Waals surface area contributed by atoms with Gasteiger partial charge in [0.2, 0.25) is 0 Å². The summed E-state index contributed by atoms with van der Waals surface area (Å²) in [6.07, 6.45) is 0. The summed E-state index contributed by atoms with van der Waals surface area (Å²) in [5.41, 5.74) is 16.6. The van der Waals surface area contributed by atoms with Crippen LogP contribution in [0, 0.1) is 27.7 Å². The molecule has 0 amide bonds. The molecule has 7 heteroatoms. The van der Waals surface area contributed by atoms with Crippen LogP contribution in [0.15, 0.2) is 182 Å². The van der Waals surface area contributed by atoms with E-state index in [2.05, 4.69) is 175 Å². The van der Waals surface area contributed by atoms with E-state index in [0.29, 0.717) is 34.9 Å². The minimum absolute atomic E-state index is 0.347. The van der Waals surface area contributed by atoms with Gasteiger partial charge < -0.3 is 4.74 Å². The lowest BCUT2D eigenvalue weighted by Gasteiger charge is -2.35. The van der Waals surface area contributed by atoms with E-state index in [-0.39, 0.29) is 5.41 Å². The van der Waals surface area contributed by atoms with Crippen LogP contribution in [-0.2, 0) is 5.41 Å². The third-order valence-corrected chi connectivity index (χ3v) is 13.3. The van der Waals surface area contributed by atoms with Gasteiger partial charge in [0.15, 0.2) is 34.9 Å². The lowest BCUT2D eigenvalue weighted by Crippen LogP contribution is -2.24. The van der Waals surface area contributed by atoms with Crippen LogP contribution < -0.4 is 4.74 Å². The van der Waals surface area contributed by atoms with Gasteiger partial charge in [0.1, 0.15) is 11.5 Å². The molecule has 10 aromatic rings. The fourth-order valence-electron chi connectivity index (χ4n) is 9.25. The van der Waals surface area contributed by atoms with Crippen LogP contribution in [0.4, 0.5) is 0 Å². The number of hydrogen-bond acceptors (Lipinski definition) is 7. The van der Waals surface area contributed by atoms with E-state index in [1.807, 2.05) is 48.5 Å². The first kappa shape index (κ1) is 42.2. The Morgan fingerprint density at radius 1 is 0.294 bits per heavy atom. The maximum atomic E-state index is 6.63. The van der Waals surface area contributed by atoms with Crippen LogP contribution in [0.2, 0.25) is 0 Å². The molecule has 0 aliphatic carbocycles. The molecule has 68 heavy (non-hydrogen) atoms. The molecule has 0 radical (unpaired) electrons. The van der Waals surface area contributed by atoms with E-state index >= 15 is 0 Å². The molecule has 0 fully saturated rings. The van der Waals surface area contributed by atoms with Gasteiger partial charge in [0.05, 0.1) is 0 Å². The second kappa shape index (κ2) is 17.1. The summed E-state index contributed by atoms with van der Waals surface area (Å²) in [5.74, 6) is 5.64. The Hall–Kier alpha value is -8.42. The smallest absolute Gasteiger partial charge is 0.164 e. The molecule has 0 spiro atoms. The van der Waals surface area contributed by atoms with Crippen molar-refractivity contribution in [1.82, 2.24) is 29.9 Å². The summed E-state index contributed by atoms with van der Waals surface area (Å²) < 4.78 is 6.63. The van der Waals surface area contributed by atoms with Crippen molar-refractivity contribution in [3.63, 3.8) is 0 Å². The highest BCUT2D eigenvalue weighted by atomic mass is 16.5. The van der Waals surface area contributed by atoms with Gasteiger partial charge in [-0.05, 0) is 96.5 Å². The molecule has 1 aliphatic rings. The molecule has 0 N–H and O–H groups in total. The Balaban J connectivity index is 0.889. The molecule has 0 saturated carbocycles. The first-order valence-corrected chi connectivity index (χ1v) is 23.0. The predicted molar refractivity (Wildman–Crippen MR) is 274 cm³/mol. The number of aryl methyl sites for hydroxylation is 4. The fourth-order valence-corrected chi connectivity index (χ4v) is 9.25. The molecule has 3 heterocycles. The molecule has 328 valence electrons. The Bertz CT molecular complexity index is 3200. The maximum absolute atomic E-state index is 6.63. The molecule has 0 atom stereocenters. The van der Waals surface area contributed by atoms with Crippen LogP contribution in [0.25, 0.3) is 90.6 Å². The summed E-state index contributed by atoms with van der Waals surface area (Å²) in [6, 6.07) is 62.9. The zero-order valence-corrected chi connectivity index (χ0v) is 38.9. The van der Waals surface area contributed by atoms with Crippen molar-refractivity contribution in [3.8, 4) is 102 Å². The average Bonchev–Trinajstić information content (AvgIpc) is 3.37. The summed E-state index contributed by atoms with van der Waals surface area (Å²) in [5, 5.41) is 0. The lowest BCUT2D eigenvalue weighted by molar-refractivity contribution is 0.418.